The van der Waals surface area contributed by atoms with Gasteiger partial charge in [0.05, 0.1) is 104 Å². The van der Waals surface area contributed by atoms with Gasteiger partial charge in [-0.05, 0) is 19.2 Å². The lowest BCUT2D eigenvalue weighted by atomic mass is 10.3. The monoisotopic (exact) mass is 1190 g/mol. The first kappa shape index (κ1) is 67.4. The summed E-state index contributed by atoms with van der Waals surface area (Å²) >= 11 is 0. The molecule has 0 bridgehead atoms. The zero-order chi connectivity index (χ0) is 61.3. The highest BCUT2D eigenvalue weighted by Gasteiger charge is 2.21. The highest BCUT2D eigenvalue weighted by Crippen LogP contribution is 2.17. The summed E-state index contributed by atoms with van der Waals surface area (Å²) < 4.78 is 45.6. The lowest BCUT2D eigenvalue weighted by molar-refractivity contribution is -0.121. The maximum atomic E-state index is 13.2. The Kier molecular flexibility index (Phi) is 29.4. The van der Waals surface area contributed by atoms with Crippen molar-refractivity contribution in [2.75, 3.05) is 154 Å². The fourth-order valence-electron chi connectivity index (χ4n) is 7.64. The molecule has 32 heteroatoms. The van der Waals surface area contributed by atoms with Crippen LogP contribution in [0.25, 0.3) is 0 Å². The number of aryl methyl sites for hydroxylation is 5. The van der Waals surface area contributed by atoms with Crippen LogP contribution in [0.15, 0.2) is 49.3 Å². The number of likely N-dealkylation sites (N-methyl/N-ethyl adjacent to an activating group) is 1. The molecule has 0 aliphatic rings. The Morgan fingerprint density at radius 3 is 1.18 bits per heavy atom. The Balaban J connectivity index is 0.866. The predicted molar refractivity (Wildman–Crippen MR) is 307 cm³/mol. The van der Waals surface area contributed by atoms with Gasteiger partial charge in [-0.2, -0.15) is 0 Å². The topological polar surface area (TPSA) is 373 Å². The van der Waals surface area contributed by atoms with E-state index in [1.807, 2.05) is 7.05 Å². The second-order valence-corrected chi connectivity index (χ2v) is 18.7. The molecule has 0 aliphatic carbocycles. The Morgan fingerprint density at radius 2 is 0.765 bits per heavy atom. The summed E-state index contributed by atoms with van der Waals surface area (Å²) in [5, 5.41) is 24.3. The third kappa shape index (κ3) is 24.4. The average molecular weight is 1190 g/mol. The zero-order valence-electron chi connectivity index (χ0n) is 48.9. The van der Waals surface area contributed by atoms with Crippen LogP contribution in [0.5, 0.6) is 0 Å². The van der Waals surface area contributed by atoms with Crippen molar-refractivity contribution >= 4 is 70.3 Å². The summed E-state index contributed by atoms with van der Waals surface area (Å²) in [4.78, 5) is 115. The summed E-state index contributed by atoms with van der Waals surface area (Å²) in [6, 6.07) is 2.94. The molecule has 5 aromatic heterocycles. The maximum Gasteiger partial charge on any atom is 0.291 e. The van der Waals surface area contributed by atoms with E-state index in [9.17, 15) is 38.4 Å². The molecule has 0 saturated heterocycles. The molecule has 0 aliphatic heterocycles. The standard InChI is InChI=1S/C53H79N17O15/c1-54-14-17-79-19-21-81-23-25-83-27-29-85-30-28-84-26-24-82-22-20-80-18-15-55-43(71)7-10-59-51(76)47-64-41(35-69(47)5)62-44(72)8-11-58-50(75)40-32-38(34-68(40)4)61-53(78)48-65-42(36-70(48)6)63-45(73)9-12-57-49(74)39-31-37(33-67(39)3)60-52(77)46-56-13-16-66(46)2/h13,16,31-36,54H,7-12,14-15,17-30H2,1-6H3,(H,55,71)(H,57,74)(H,58,75)(H,59,76)(H,60,77)(H,61,78)(H,62,72)(H,63,73). The average Bonchev–Trinajstić information content (AvgIpc) is 4.49. The number of imidazole rings is 3. The van der Waals surface area contributed by atoms with Crippen molar-refractivity contribution in [3.05, 3.63) is 78.2 Å². The van der Waals surface area contributed by atoms with Crippen LogP contribution in [-0.2, 0) is 82.8 Å². The fraction of sp³-hybridized carbons (Fsp3) is 0.528. The minimum absolute atomic E-state index is 0.00223. The van der Waals surface area contributed by atoms with Crippen LogP contribution in [0.1, 0.15) is 72.1 Å². The number of anilines is 4. The van der Waals surface area contributed by atoms with Gasteiger partial charge in [0.1, 0.15) is 11.4 Å². The van der Waals surface area contributed by atoms with Gasteiger partial charge >= 0.3 is 0 Å². The van der Waals surface area contributed by atoms with Gasteiger partial charge < -0.3 is 104 Å². The third-order valence-corrected chi connectivity index (χ3v) is 11.9. The van der Waals surface area contributed by atoms with Crippen LogP contribution < -0.4 is 47.9 Å². The molecule has 0 fully saturated rings. The van der Waals surface area contributed by atoms with Crippen LogP contribution in [-0.4, -0.2) is 217 Å². The molecule has 0 radical (unpaired) electrons. The number of rotatable bonds is 42. The molecule has 32 nitrogen and oxygen atoms in total. The summed E-state index contributed by atoms with van der Waals surface area (Å²) in [6.45, 7) is 7.40. The molecule has 5 rings (SSSR count). The van der Waals surface area contributed by atoms with E-state index < -0.39 is 41.4 Å². The second-order valence-electron chi connectivity index (χ2n) is 18.7. The van der Waals surface area contributed by atoms with Crippen molar-refractivity contribution < 1.29 is 71.5 Å². The van der Waals surface area contributed by atoms with E-state index in [1.165, 1.54) is 55.2 Å². The fourth-order valence-corrected chi connectivity index (χ4v) is 7.64. The molecule has 0 spiro atoms. The summed E-state index contributed by atoms with van der Waals surface area (Å²) in [6.07, 6.45) is 8.86. The van der Waals surface area contributed by atoms with Gasteiger partial charge in [-0.15, -0.1) is 0 Å². The van der Waals surface area contributed by atoms with E-state index in [0.717, 1.165) is 6.54 Å². The molecule has 5 heterocycles. The van der Waals surface area contributed by atoms with Crippen molar-refractivity contribution in [2.45, 2.75) is 19.3 Å². The molecule has 8 amide bonds. The maximum absolute atomic E-state index is 13.2. The number of amides is 8. The number of aromatic nitrogens is 8. The van der Waals surface area contributed by atoms with Gasteiger partial charge in [0, 0.05) is 124 Å². The molecular formula is C53H79N17O15. The van der Waals surface area contributed by atoms with Crippen molar-refractivity contribution in [3.63, 3.8) is 0 Å². The van der Waals surface area contributed by atoms with Crippen molar-refractivity contribution in [3.8, 4) is 0 Å². The first-order valence-corrected chi connectivity index (χ1v) is 27.4. The minimum atomic E-state index is -0.634. The van der Waals surface area contributed by atoms with E-state index in [4.69, 9.17) is 33.2 Å². The van der Waals surface area contributed by atoms with Crippen LogP contribution in [0.4, 0.5) is 23.0 Å². The Hall–Kier alpha value is -8.37. The predicted octanol–water partition coefficient (Wildman–Crippen LogP) is -0.842. The molecule has 9 N–H and O–H groups in total. The number of ether oxygens (including phenoxy) is 7. The van der Waals surface area contributed by atoms with Crippen molar-refractivity contribution in [2.24, 2.45) is 35.2 Å². The molecular weight excluding hydrogens is 1110 g/mol. The number of hydrogen-bond donors (Lipinski definition) is 9. The first-order valence-electron chi connectivity index (χ1n) is 27.4. The SMILES string of the molecule is CNCCOCCOCCOCCOCCOCCOCCOCCNC(=O)CCNC(=O)c1nc(NC(=O)CCNC(=O)c2cc(NC(=O)c3nc(NC(=O)CCNC(=O)c4cc(NC(=O)c5nccn5C)cn4C)cn3C)cn2C)cn1C. The van der Waals surface area contributed by atoms with Crippen LogP contribution >= 0.6 is 0 Å². The van der Waals surface area contributed by atoms with E-state index in [-0.39, 0.29) is 104 Å². The van der Waals surface area contributed by atoms with Gasteiger partial charge in [0.25, 0.3) is 29.5 Å². The van der Waals surface area contributed by atoms with Crippen molar-refractivity contribution in [1.82, 2.24) is 64.4 Å². The third-order valence-electron chi connectivity index (χ3n) is 11.9. The lowest BCUT2D eigenvalue weighted by Crippen LogP contribution is -2.33. The molecule has 0 atom stereocenters. The zero-order valence-corrected chi connectivity index (χ0v) is 48.9. The van der Waals surface area contributed by atoms with E-state index in [2.05, 4.69) is 62.8 Å². The van der Waals surface area contributed by atoms with E-state index >= 15 is 0 Å². The minimum Gasteiger partial charge on any atom is -0.378 e. The smallest absolute Gasteiger partial charge is 0.291 e. The van der Waals surface area contributed by atoms with Crippen molar-refractivity contribution in [1.29, 1.82) is 0 Å². The van der Waals surface area contributed by atoms with E-state index in [1.54, 1.807) is 52.2 Å². The molecule has 5 aromatic rings. The van der Waals surface area contributed by atoms with Crippen LogP contribution in [0.3, 0.4) is 0 Å². The highest BCUT2D eigenvalue weighted by atomic mass is 16.6. The van der Waals surface area contributed by atoms with Crippen LogP contribution in [0.2, 0.25) is 0 Å². The Bertz CT molecular complexity index is 2950. The quantitative estimate of drug-likeness (QED) is 0.0215. The summed E-state index contributed by atoms with van der Waals surface area (Å²) in [7, 11) is 9.93. The van der Waals surface area contributed by atoms with Gasteiger partial charge in [-0.3, -0.25) is 38.4 Å². The Morgan fingerprint density at radius 1 is 0.388 bits per heavy atom. The molecule has 85 heavy (non-hydrogen) atoms. The van der Waals surface area contributed by atoms with Gasteiger partial charge in [0.2, 0.25) is 29.4 Å². The number of carbonyl (C=O) groups is 8. The van der Waals surface area contributed by atoms with Gasteiger partial charge in [0.15, 0.2) is 17.5 Å². The van der Waals surface area contributed by atoms with Gasteiger partial charge in [-0.25, -0.2) is 15.0 Å². The summed E-state index contributed by atoms with van der Waals surface area (Å²) in [5.41, 5.74) is 1.07. The van der Waals surface area contributed by atoms with E-state index in [0.29, 0.717) is 91.6 Å². The lowest BCUT2D eigenvalue weighted by Gasteiger charge is -2.09. The number of carbonyl (C=O) groups excluding carboxylic acids is 8. The number of nitrogens with one attached hydrogen (secondary N) is 9. The number of hydrogen-bond acceptors (Lipinski definition) is 19. The van der Waals surface area contributed by atoms with Gasteiger partial charge in [-0.1, -0.05) is 0 Å². The molecule has 0 saturated carbocycles. The second kappa shape index (κ2) is 37.0. The first-order chi connectivity index (χ1) is 41.0. The normalized spacial score (nSPS) is 11.1. The molecule has 0 unspecified atom stereocenters. The van der Waals surface area contributed by atoms with Crippen LogP contribution in [0, 0.1) is 0 Å². The summed E-state index contributed by atoms with van der Waals surface area (Å²) in [5.74, 6) is -3.56. The Labute approximate surface area is 491 Å². The largest absolute Gasteiger partial charge is 0.378 e. The molecule has 0 aromatic carbocycles. The molecule has 466 valence electrons. The number of nitrogens with zero attached hydrogens (tertiary/aromatic N) is 8. The highest BCUT2D eigenvalue weighted by molar-refractivity contribution is 6.04.